The number of aryl methyl sites for hydroxylation is 3. The zero-order valence-electron chi connectivity index (χ0n) is 21.2. The van der Waals surface area contributed by atoms with E-state index < -0.39 is 32.1 Å². The van der Waals surface area contributed by atoms with Gasteiger partial charge in [0.15, 0.2) is 4.90 Å². The molecule has 0 saturated heterocycles. The van der Waals surface area contributed by atoms with E-state index in [-0.39, 0.29) is 10.9 Å². The lowest BCUT2D eigenvalue weighted by atomic mass is 10.0. The predicted molar refractivity (Wildman–Crippen MR) is 141 cm³/mol. The van der Waals surface area contributed by atoms with Crippen LogP contribution in [0.25, 0.3) is 11.1 Å². The summed E-state index contributed by atoms with van der Waals surface area (Å²) >= 11 is 0. The summed E-state index contributed by atoms with van der Waals surface area (Å²) in [6.07, 6.45) is 4.87. The van der Waals surface area contributed by atoms with Crippen molar-refractivity contribution < 1.29 is 17.9 Å². The minimum atomic E-state index is -4.40. The molecule has 0 amide bonds. The molecule has 0 fully saturated rings. The maximum Gasteiger partial charge on any atom is 0.296 e. The topological polar surface area (TPSA) is 102 Å². The molecule has 38 heavy (non-hydrogen) atoms. The van der Waals surface area contributed by atoms with Crippen LogP contribution in [0.3, 0.4) is 0 Å². The van der Waals surface area contributed by atoms with Crippen LogP contribution in [0.5, 0.6) is 5.88 Å². The van der Waals surface area contributed by atoms with Crippen LogP contribution in [0.1, 0.15) is 54.7 Å². The zero-order chi connectivity index (χ0) is 27.0. The first-order valence-corrected chi connectivity index (χ1v) is 14.1. The first kappa shape index (κ1) is 25.8. The van der Waals surface area contributed by atoms with E-state index in [2.05, 4.69) is 9.97 Å². The lowest BCUT2D eigenvalue weighted by Gasteiger charge is -2.23. The van der Waals surface area contributed by atoms with E-state index >= 15 is 0 Å². The van der Waals surface area contributed by atoms with Gasteiger partial charge in [0.2, 0.25) is 21.7 Å². The number of nitrogens with zero attached hydrogens (tertiary/aromatic N) is 3. The van der Waals surface area contributed by atoms with E-state index in [9.17, 15) is 22.7 Å². The van der Waals surface area contributed by atoms with Crippen molar-refractivity contribution in [3.63, 3.8) is 0 Å². The number of aromatic hydroxyl groups is 1. The van der Waals surface area contributed by atoms with Gasteiger partial charge < -0.3 is 5.11 Å². The highest BCUT2D eigenvalue weighted by Crippen LogP contribution is 2.39. The highest BCUT2D eigenvalue weighted by Gasteiger charge is 2.34. The molecule has 0 saturated carbocycles. The van der Waals surface area contributed by atoms with Crippen LogP contribution in [0, 0.1) is 12.9 Å². The molecule has 1 N–H and O–H groups in total. The van der Waals surface area contributed by atoms with Gasteiger partial charge in [0.05, 0.1) is 10.9 Å². The van der Waals surface area contributed by atoms with Crippen molar-refractivity contribution in [2.75, 3.05) is 0 Å². The third-order valence-electron chi connectivity index (χ3n) is 7.12. The van der Waals surface area contributed by atoms with Gasteiger partial charge in [0.25, 0.3) is 5.56 Å². The molecule has 5 rings (SSSR count). The summed E-state index contributed by atoms with van der Waals surface area (Å²) in [5.74, 6) is -0.804. The van der Waals surface area contributed by atoms with Crippen LogP contribution < -0.4 is 5.56 Å². The highest BCUT2D eigenvalue weighted by molar-refractivity contribution is 7.91. The fourth-order valence-electron chi connectivity index (χ4n) is 5.18. The maximum atomic E-state index is 13.7. The molecule has 2 heterocycles. The van der Waals surface area contributed by atoms with Crippen molar-refractivity contribution in [3.05, 3.63) is 99.6 Å². The summed E-state index contributed by atoms with van der Waals surface area (Å²) < 4.78 is 42.4. The molecule has 1 aliphatic rings. The van der Waals surface area contributed by atoms with Crippen molar-refractivity contribution in [1.29, 1.82) is 0 Å². The summed E-state index contributed by atoms with van der Waals surface area (Å²) in [7, 11) is -4.40. The van der Waals surface area contributed by atoms with E-state index in [1.807, 2.05) is 31.2 Å². The average Bonchev–Trinajstić information content (AvgIpc) is 3.31. The van der Waals surface area contributed by atoms with Gasteiger partial charge in [-0.2, -0.15) is 9.37 Å². The molecular formula is C29H28FN3O4S. The average molecular weight is 534 g/mol. The van der Waals surface area contributed by atoms with E-state index in [1.54, 1.807) is 19.1 Å². The minimum Gasteiger partial charge on any atom is -0.493 e. The van der Waals surface area contributed by atoms with Gasteiger partial charge in [-0.3, -0.25) is 9.36 Å². The van der Waals surface area contributed by atoms with Gasteiger partial charge in [-0.05, 0) is 66.6 Å². The molecule has 1 atom stereocenters. The third-order valence-corrected chi connectivity index (χ3v) is 8.91. The molecule has 196 valence electrons. The van der Waals surface area contributed by atoms with E-state index in [1.165, 1.54) is 29.0 Å². The number of fused-ring (bicyclic) bond motifs is 1. The van der Waals surface area contributed by atoms with Crippen molar-refractivity contribution >= 4 is 9.84 Å². The number of sulfone groups is 1. The Labute approximate surface area is 220 Å². The van der Waals surface area contributed by atoms with Gasteiger partial charge >= 0.3 is 0 Å². The molecule has 4 aromatic rings. The van der Waals surface area contributed by atoms with Crippen molar-refractivity contribution in [2.45, 2.75) is 61.8 Å². The number of hydrogen-bond acceptors (Lipinski definition) is 6. The van der Waals surface area contributed by atoms with E-state index in [0.717, 1.165) is 30.4 Å². The summed E-state index contributed by atoms with van der Waals surface area (Å²) in [5, 5.41) is 11.4. The Kier molecular flexibility index (Phi) is 6.88. The van der Waals surface area contributed by atoms with Crippen molar-refractivity contribution in [3.8, 4) is 17.0 Å². The normalized spacial score (nSPS) is 15.0. The molecule has 1 aliphatic carbocycles. The molecule has 0 bridgehead atoms. The Morgan fingerprint density at radius 3 is 2.58 bits per heavy atom. The van der Waals surface area contributed by atoms with Crippen molar-refractivity contribution in [2.24, 2.45) is 0 Å². The second-order valence-corrected chi connectivity index (χ2v) is 11.4. The SMILES string of the molecule is CCCCc1nc(=O)c(S(=O)(=O)c2ccc(-c3cnc(F)cc3C)cc2)c(O)n1[C@H]1CCc2ccccc21. The summed E-state index contributed by atoms with van der Waals surface area (Å²) in [6, 6.07) is 14.7. The molecule has 7 nitrogen and oxygen atoms in total. The van der Waals surface area contributed by atoms with Crippen LogP contribution >= 0.6 is 0 Å². The van der Waals surface area contributed by atoms with Gasteiger partial charge in [-0.15, -0.1) is 0 Å². The number of benzene rings is 2. The largest absolute Gasteiger partial charge is 0.493 e. The van der Waals surface area contributed by atoms with Crippen LogP contribution in [-0.4, -0.2) is 28.1 Å². The summed E-state index contributed by atoms with van der Waals surface area (Å²) in [6.45, 7) is 3.75. The fourth-order valence-corrected chi connectivity index (χ4v) is 6.53. The Bertz CT molecular complexity index is 1680. The molecule has 2 aromatic carbocycles. The molecule has 0 radical (unpaired) electrons. The molecular weight excluding hydrogens is 505 g/mol. The number of hydrogen-bond donors (Lipinski definition) is 1. The Morgan fingerprint density at radius 1 is 1.13 bits per heavy atom. The summed E-state index contributed by atoms with van der Waals surface area (Å²) in [5.41, 5.74) is 3.09. The third kappa shape index (κ3) is 4.51. The molecule has 0 spiro atoms. The molecule has 9 heteroatoms. The number of unbranched alkanes of at least 4 members (excludes halogenated alkanes) is 1. The quantitative estimate of drug-likeness (QED) is 0.329. The van der Waals surface area contributed by atoms with Gasteiger partial charge in [-0.25, -0.2) is 13.4 Å². The Hall–Kier alpha value is -3.85. The van der Waals surface area contributed by atoms with Gasteiger partial charge in [0, 0.05) is 18.2 Å². The van der Waals surface area contributed by atoms with E-state index in [4.69, 9.17) is 0 Å². The van der Waals surface area contributed by atoms with E-state index in [0.29, 0.717) is 35.4 Å². The smallest absolute Gasteiger partial charge is 0.296 e. The number of rotatable bonds is 7. The number of halogens is 1. The molecule has 2 aromatic heterocycles. The molecule has 0 aliphatic heterocycles. The second-order valence-electron chi connectivity index (χ2n) is 9.56. The monoisotopic (exact) mass is 533 g/mol. The van der Waals surface area contributed by atoms with Gasteiger partial charge in [-0.1, -0.05) is 49.7 Å². The first-order valence-electron chi connectivity index (χ1n) is 12.6. The van der Waals surface area contributed by atoms with Gasteiger partial charge in [0.1, 0.15) is 5.82 Å². The standard InChI is InChI=1S/C29H28FN3O4S/c1-3-4-9-26-32-28(34)27(29(35)33(26)24-15-12-19-7-5-6-8-22(19)24)38(36,37)21-13-10-20(11-14-21)23-17-31-25(30)16-18(23)2/h5-8,10-11,13-14,16-17,24,35H,3-4,9,12,15H2,1-2H3/t24-/m0/s1. The highest BCUT2D eigenvalue weighted by atomic mass is 32.2. The lowest BCUT2D eigenvalue weighted by Crippen LogP contribution is -2.27. The number of aromatic nitrogens is 3. The predicted octanol–water partition coefficient (Wildman–Crippen LogP) is 5.17. The number of pyridine rings is 1. The Morgan fingerprint density at radius 2 is 1.87 bits per heavy atom. The van der Waals surface area contributed by atoms with Crippen LogP contribution in [-0.2, 0) is 22.7 Å². The zero-order valence-corrected chi connectivity index (χ0v) is 22.0. The first-order chi connectivity index (χ1) is 18.2. The lowest BCUT2D eigenvalue weighted by molar-refractivity contribution is 0.361. The molecule has 0 unspecified atom stereocenters. The minimum absolute atomic E-state index is 0.150. The van der Waals surface area contributed by atoms with Crippen molar-refractivity contribution in [1.82, 2.24) is 14.5 Å². The second kappa shape index (κ2) is 10.1. The van der Waals surface area contributed by atoms with Crippen LogP contribution in [0.4, 0.5) is 4.39 Å². The maximum absolute atomic E-state index is 13.7. The fraction of sp³-hybridized carbons (Fsp3) is 0.276. The van der Waals surface area contributed by atoms with Crippen LogP contribution in [0.15, 0.2) is 75.4 Å². The van der Waals surface area contributed by atoms with Crippen LogP contribution in [0.2, 0.25) is 0 Å². The summed E-state index contributed by atoms with van der Waals surface area (Å²) in [4.78, 5) is 20.1. The Balaban J connectivity index is 1.62.